The molecule has 1 aromatic rings. The zero-order valence-electron chi connectivity index (χ0n) is 16.9. The maximum atomic E-state index is 13.7. The summed E-state index contributed by atoms with van der Waals surface area (Å²) >= 11 is 0. The molecule has 5 saturated carbocycles. The third kappa shape index (κ3) is 4.12. The van der Waals surface area contributed by atoms with Crippen molar-refractivity contribution in [3.63, 3.8) is 0 Å². The van der Waals surface area contributed by atoms with Gasteiger partial charge in [0.25, 0.3) is 0 Å². The molecule has 0 amide bonds. The van der Waals surface area contributed by atoms with Crippen LogP contribution in [0.3, 0.4) is 0 Å². The minimum absolute atomic E-state index is 0.0977. The molecule has 5 aliphatic rings. The van der Waals surface area contributed by atoms with Gasteiger partial charge in [0.15, 0.2) is 5.69 Å². The summed E-state index contributed by atoms with van der Waals surface area (Å²) in [6.07, 6.45) is 9.53. The SMILES string of the molecule is FC(F)(F)c1nc(NC23CC4CC(CC(C4)C2)C3)ncc1CNC1CCCCC1. The van der Waals surface area contributed by atoms with Gasteiger partial charge in [0.1, 0.15) is 0 Å². The van der Waals surface area contributed by atoms with Crippen molar-refractivity contribution < 1.29 is 13.2 Å². The highest BCUT2D eigenvalue weighted by Gasteiger charge is 2.51. The lowest BCUT2D eigenvalue weighted by Crippen LogP contribution is -2.55. The summed E-state index contributed by atoms with van der Waals surface area (Å²) < 4.78 is 41.2. The van der Waals surface area contributed by atoms with Gasteiger partial charge in [-0.2, -0.15) is 13.2 Å². The van der Waals surface area contributed by atoms with E-state index in [1.807, 2.05) is 0 Å². The molecule has 6 rings (SSSR count). The molecular formula is C22H31F3N4. The Kier molecular flexibility index (Phi) is 5.00. The molecule has 0 radical (unpaired) electrons. The summed E-state index contributed by atoms with van der Waals surface area (Å²) in [5, 5.41) is 6.69. The van der Waals surface area contributed by atoms with Crippen molar-refractivity contribution in [2.75, 3.05) is 5.32 Å². The van der Waals surface area contributed by atoms with Crippen LogP contribution in [-0.4, -0.2) is 21.5 Å². The van der Waals surface area contributed by atoms with Gasteiger partial charge < -0.3 is 10.6 Å². The second-order valence-corrected chi connectivity index (χ2v) is 10.1. The van der Waals surface area contributed by atoms with E-state index in [1.165, 1.54) is 31.9 Å². The summed E-state index contributed by atoms with van der Waals surface area (Å²) in [7, 11) is 0. The average molecular weight is 409 g/mol. The summed E-state index contributed by atoms with van der Waals surface area (Å²) in [6, 6.07) is 0.301. The van der Waals surface area contributed by atoms with Crippen molar-refractivity contribution in [3.05, 3.63) is 17.5 Å². The lowest BCUT2D eigenvalue weighted by atomic mass is 9.53. The third-order valence-corrected chi connectivity index (χ3v) is 7.73. The Morgan fingerprint density at radius 3 is 2.17 bits per heavy atom. The molecule has 5 fully saturated rings. The smallest absolute Gasteiger partial charge is 0.349 e. The van der Waals surface area contributed by atoms with E-state index in [1.54, 1.807) is 0 Å². The van der Waals surface area contributed by atoms with E-state index in [0.29, 0.717) is 6.04 Å². The van der Waals surface area contributed by atoms with Gasteiger partial charge >= 0.3 is 6.18 Å². The number of rotatable bonds is 5. The van der Waals surface area contributed by atoms with Crippen molar-refractivity contribution in [1.82, 2.24) is 15.3 Å². The number of nitrogens with one attached hydrogen (secondary N) is 2. The highest BCUT2D eigenvalue weighted by atomic mass is 19.4. The van der Waals surface area contributed by atoms with Crippen LogP contribution in [0, 0.1) is 17.8 Å². The van der Waals surface area contributed by atoms with Crippen molar-refractivity contribution in [2.24, 2.45) is 17.8 Å². The van der Waals surface area contributed by atoms with Crippen molar-refractivity contribution in [3.8, 4) is 0 Å². The van der Waals surface area contributed by atoms with Crippen LogP contribution in [0.5, 0.6) is 0 Å². The molecule has 7 heteroatoms. The molecule has 1 aromatic heterocycles. The van der Waals surface area contributed by atoms with Gasteiger partial charge in [-0.1, -0.05) is 19.3 Å². The molecule has 0 spiro atoms. The number of alkyl halides is 3. The van der Waals surface area contributed by atoms with E-state index in [-0.39, 0.29) is 23.6 Å². The number of hydrogen-bond donors (Lipinski definition) is 2. The van der Waals surface area contributed by atoms with Crippen LogP contribution < -0.4 is 10.6 Å². The molecular weight excluding hydrogens is 377 g/mol. The Bertz CT molecular complexity index is 707. The zero-order valence-corrected chi connectivity index (χ0v) is 16.9. The van der Waals surface area contributed by atoms with E-state index in [2.05, 4.69) is 20.6 Å². The second-order valence-electron chi connectivity index (χ2n) is 10.1. The van der Waals surface area contributed by atoms with Crippen LogP contribution in [-0.2, 0) is 12.7 Å². The first-order valence-electron chi connectivity index (χ1n) is 11.3. The van der Waals surface area contributed by atoms with Gasteiger partial charge in [-0.25, -0.2) is 9.97 Å². The standard InChI is InChI=1S/C22H31F3N4/c23-22(24,25)19-17(12-26-18-4-2-1-3-5-18)13-27-20(28-19)29-21-9-14-6-15(10-21)8-16(7-14)11-21/h13-16,18,26H,1-12H2,(H,27,28,29). The van der Waals surface area contributed by atoms with E-state index in [4.69, 9.17) is 0 Å². The second kappa shape index (κ2) is 7.40. The molecule has 0 atom stereocenters. The molecule has 4 nitrogen and oxygen atoms in total. The molecule has 4 bridgehead atoms. The summed E-state index contributed by atoms with van der Waals surface area (Å²) in [5.41, 5.74) is -0.735. The Hall–Kier alpha value is -1.37. The minimum Gasteiger partial charge on any atom is -0.349 e. The highest BCUT2D eigenvalue weighted by Crippen LogP contribution is 2.56. The molecule has 2 N–H and O–H groups in total. The first kappa shape index (κ1) is 19.6. The van der Waals surface area contributed by atoms with E-state index in [9.17, 15) is 13.2 Å². The number of aromatic nitrogens is 2. The molecule has 0 unspecified atom stereocenters. The first-order valence-corrected chi connectivity index (χ1v) is 11.3. The fraction of sp³-hybridized carbons (Fsp3) is 0.818. The van der Waals surface area contributed by atoms with Crippen molar-refractivity contribution >= 4 is 5.95 Å². The summed E-state index contributed by atoms with van der Waals surface area (Å²) in [5.74, 6) is 2.31. The maximum absolute atomic E-state index is 13.7. The monoisotopic (exact) mass is 408 g/mol. The average Bonchev–Trinajstić information content (AvgIpc) is 2.65. The van der Waals surface area contributed by atoms with Gasteiger partial charge in [0, 0.05) is 29.9 Å². The van der Waals surface area contributed by atoms with Crippen LogP contribution in [0.15, 0.2) is 6.20 Å². The number of anilines is 1. The Balaban J connectivity index is 1.33. The van der Waals surface area contributed by atoms with Crippen LogP contribution in [0.2, 0.25) is 0 Å². The van der Waals surface area contributed by atoms with E-state index >= 15 is 0 Å². The Morgan fingerprint density at radius 1 is 0.966 bits per heavy atom. The molecule has 0 saturated heterocycles. The van der Waals surface area contributed by atoms with Crippen LogP contribution in [0.4, 0.5) is 19.1 Å². The van der Waals surface area contributed by atoms with E-state index in [0.717, 1.165) is 62.7 Å². The Labute approximate surface area is 170 Å². The number of hydrogen-bond acceptors (Lipinski definition) is 4. The predicted molar refractivity (Wildman–Crippen MR) is 105 cm³/mol. The number of halogens is 3. The van der Waals surface area contributed by atoms with Gasteiger partial charge in [-0.3, -0.25) is 0 Å². The highest BCUT2D eigenvalue weighted by molar-refractivity contribution is 5.35. The van der Waals surface area contributed by atoms with Gasteiger partial charge in [-0.05, 0) is 69.1 Å². The molecule has 29 heavy (non-hydrogen) atoms. The fourth-order valence-electron chi connectivity index (χ4n) is 6.90. The van der Waals surface area contributed by atoms with Crippen LogP contribution in [0.1, 0.15) is 81.9 Å². The Morgan fingerprint density at radius 2 is 1.59 bits per heavy atom. The van der Waals surface area contributed by atoms with Gasteiger partial charge in [-0.15, -0.1) is 0 Å². The first-order chi connectivity index (χ1) is 13.9. The fourth-order valence-corrected chi connectivity index (χ4v) is 6.90. The quantitative estimate of drug-likeness (QED) is 0.694. The lowest BCUT2D eigenvalue weighted by Gasteiger charge is -2.56. The summed E-state index contributed by atoms with van der Waals surface area (Å²) in [6.45, 7) is 0.178. The van der Waals surface area contributed by atoms with Gasteiger partial charge in [0.2, 0.25) is 5.95 Å². The third-order valence-electron chi connectivity index (χ3n) is 7.73. The maximum Gasteiger partial charge on any atom is 0.433 e. The van der Waals surface area contributed by atoms with Crippen molar-refractivity contribution in [2.45, 2.75) is 94.9 Å². The van der Waals surface area contributed by atoms with E-state index < -0.39 is 11.9 Å². The molecule has 0 aliphatic heterocycles. The topological polar surface area (TPSA) is 49.8 Å². The van der Waals surface area contributed by atoms with Gasteiger partial charge in [0.05, 0.1) is 0 Å². The molecule has 1 heterocycles. The van der Waals surface area contributed by atoms with Crippen LogP contribution >= 0.6 is 0 Å². The number of nitrogens with zero attached hydrogens (tertiary/aromatic N) is 2. The predicted octanol–water partition coefficient (Wildman–Crippen LogP) is 5.30. The molecule has 0 aromatic carbocycles. The van der Waals surface area contributed by atoms with Crippen LogP contribution in [0.25, 0.3) is 0 Å². The normalized spacial score (nSPS) is 34.5. The summed E-state index contributed by atoms with van der Waals surface area (Å²) in [4.78, 5) is 8.33. The zero-order chi connectivity index (χ0) is 20.1. The minimum atomic E-state index is -4.47. The molecule has 5 aliphatic carbocycles. The molecule has 160 valence electrons. The van der Waals surface area contributed by atoms with Crippen molar-refractivity contribution in [1.29, 1.82) is 0 Å². The lowest BCUT2D eigenvalue weighted by molar-refractivity contribution is -0.141. The largest absolute Gasteiger partial charge is 0.433 e.